The second-order valence-corrected chi connectivity index (χ2v) is 4.82. The minimum Gasteiger partial charge on any atom is -0.479 e. The largest absolute Gasteiger partial charge is 0.479 e. The molecule has 0 bridgehead atoms. The van der Waals surface area contributed by atoms with Crippen molar-refractivity contribution in [3.8, 4) is 0 Å². The molecule has 6 heteroatoms. The Hall–Kier alpha value is -1.14. The summed E-state index contributed by atoms with van der Waals surface area (Å²) in [4.78, 5) is 22.4. The molecule has 0 saturated carbocycles. The van der Waals surface area contributed by atoms with E-state index in [1.807, 2.05) is 13.8 Å². The highest BCUT2D eigenvalue weighted by Gasteiger charge is 2.31. The summed E-state index contributed by atoms with van der Waals surface area (Å²) in [6, 6.07) is -0.522. The third-order valence-corrected chi connectivity index (χ3v) is 3.45. The molecule has 4 atom stereocenters. The molecule has 1 aliphatic rings. The lowest BCUT2D eigenvalue weighted by molar-refractivity contribution is -0.149. The zero-order chi connectivity index (χ0) is 13.7. The summed E-state index contributed by atoms with van der Waals surface area (Å²) in [6.45, 7) is 4.23. The molecule has 4 N–H and O–H groups in total. The van der Waals surface area contributed by atoms with Crippen LogP contribution in [-0.4, -0.2) is 41.8 Å². The molecule has 1 fully saturated rings. The predicted molar refractivity (Wildman–Crippen MR) is 66.0 cm³/mol. The number of amides is 1. The van der Waals surface area contributed by atoms with Crippen LogP contribution in [0.4, 0.5) is 0 Å². The number of nitrogens with two attached hydrogens (primary N) is 1. The summed E-state index contributed by atoms with van der Waals surface area (Å²) in [5.74, 6) is -1.02. The lowest BCUT2D eigenvalue weighted by atomic mass is 9.99. The lowest BCUT2D eigenvalue weighted by Gasteiger charge is -2.19. The third kappa shape index (κ3) is 3.96. The Morgan fingerprint density at radius 2 is 2.17 bits per heavy atom. The smallest absolute Gasteiger partial charge is 0.332 e. The molecule has 0 aromatic carbocycles. The van der Waals surface area contributed by atoms with Gasteiger partial charge in [-0.2, -0.15) is 0 Å². The average Bonchev–Trinajstić information content (AvgIpc) is 2.82. The topological polar surface area (TPSA) is 102 Å². The van der Waals surface area contributed by atoms with Crippen molar-refractivity contribution < 1.29 is 19.4 Å². The number of carboxylic acid groups (broad SMARTS) is 1. The van der Waals surface area contributed by atoms with Gasteiger partial charge < -0.3 is 20.9 Å². The van der Waals surface area contributed by atoms with Crippen LogP contribution in [0.3, 0.4) is 0 Å². The van der Waals surface area contributed by atoms with Crippen LogP contribution in [0.5, 0.6) is 0 Å². The third-order valence-electron chi connectivity index (χ3n) is 3.45. The second-order valence-electron chi connectivity index (χ2n) is 4.82. The summed E-state index contributed by atoms with van der Waals surface area (Å²) in [7, 11) is 0. The number of nitrogens with one attached hydrogen (secondary N) is 1. The number of carbonyl (C=O) groups is 2. The number of hydrogen-bond acceptors (Lipinski definition) is 4. The first-order valence-corrected chi connectivity index (χ1v) is 6.37. The molecule has 0 aliphatic carbocycles. The summed E-state index contributed by atoms with van der Waals surface area (Å²) in [5.41, 5.74) is 5.78. The number of ether oxygens (including phenoxy) is 1. The first-order chi connectivity index (χ1) is 8.45. The van der Waals surface area contributed by atoms with E-state index < -0.39 is 18.1 Å². The summed E-state index contributed by atoms with van der Waals surface area (Å²) in [5, 5.41) is 11.5. The monoisotopic (exact) mass is 258 g/mol. The SMILES string of the molecule is CCC(C)C(N)C(=O)NCC1CCC(C(=O)O)O1. The lowest BCUT2D eigenvalue weighted by Crippen LogP contribution is -2.46. The van der Waals surface area contributed by atoms with Crippen LogP contribution < -0.4 is 11.1 Å². The average molecular weight is 258 g/mol. The maximum Gasteiger partial charge on any atom is 0.332 e. The molecule has 1 aliphatic heterocycles. The fourth-order valence-electron chi connectivity index (χ4n) is 1.88. The van der Waals surface area contributed by atoms with Crippen LogP contribution in [0, 0.1) is 5.92 Å². The summed E-state index contributed by atoms with van der Waals surface area (Å²) >= 11 is 0. The van der Waals surface area contributed by atoms with Crippen molar-refractivity contribution in [2.24, 2.45) is 11.7 Å². The Balaban J connectivity index is 2.29. The molecule has 0 aromatic heterocycles. The highest BCUT2D eigenvalue weighted by atomic mass is 16.5. The summed E-state index contributed by atoms with van der Waals surface area (Å²) in [6.07, 6.45) is 1.02. The zero-order valence-electron chi connectivity index (χ0n) is 10.9. The Morgan fingerprint density at radius 3 is 2.67 bits per heavy atom. The van der Waals surface area contributed by atoms with E-state index in [1.54, 1.807) is 0 Å². The molecule has 6 nitrogen and oxygen atoms in total. The van der Waals surface area contributed by atoms with Gasteiger partial charge in [0.05, 0.1) is 12.1 Å². The van der Waals surface area contributed by atoms with Crippen molar-refractivity contribution in [1.82, 2.24) is 5.32 Å². The highest BCUT2D eigenvalue weighted by molar-refractivity contribution is 5.81. The van der Waals surface area contributed by atoms with E-state index in [9.17, 15) is 9.59 Å². The molecule has 1 amide bonds. The quantitative estimate of drug-likeness (QED) is 0.627. The van der Waals surface area contributed by atoms with E-state index in [0.29, 0.717) is 19.4 Å². The van der Waals surface area contributed by atoms with E-state index in [1.165, 1.54) is 0 Å². The number of aliphatic carboxylic acids is 1. The standard InChI is InChI=1S/C12H22N2O4/c1-3-7(2)10(13)11(15)14-6-8-4-5-9(18-8)12(16)17/h7-10H,3-6,13H2,1-2H3,(H,14,15)(H,16,17). The van der Waals surface area contributed by atoms with Gasteiger partial charge in [0, 0.05) is 6.54 Å². The minimum absolute atomic E-state index is 0.126. The number of carbonyl (C=O) groups excluding carboxylic acids is 1. The van der Waals surface area contributed by atoms with Gasteiger partial charge in [0.15, 0.2) is 6.10 Å². The minimum atomic E-state index is -0.944. The van der Waals surface area contributed by atoms with Crippen molar-refractivity contribution in [2.45, 2.75) is 51.4 Å². The first-order valence-electron chi connectivity index (χ1n) is 6.37. The van der Waals surface area contributed by atoms with Gasteiger partial charge in [0.2, 0.25) is 5.91 Å². The second kappa shape index (κ2) is 6.70. The van der Waals surface area contributed by atoms with Gasteiger partial charge in [-0.25, -0.2) is 4.79 Å². The van der Waals surface area contributed by atoms with Crippen LogP contribution in [-0.2, 0) is 14.3 Å². The van der Waals surface area contributed by atoms with Crippen LogP contribution in [0.15, 0.2) is 0 Å². The van der Waals surface area contributed by atoms with Gasteiger partial charge in [0.25, 0.3) is 0 Å². The van der Waals surface area contributed by atoms with Crippen molar-refractivity contribution in [3.63, 3.8) is 0 Å². The van der Waals surface area contributed by atoms with E-state index in [4.69, 9.17) is 15.6 Å². The molecule has 1 saturated heterocycles. The predicted octanol–water partition coefficient (Wildman–Crippen LogP) is 0.108. The summed E-state index contributed by atoms with van der Waals surface area (Å²) < 4.78 is 5.28. The van der Waals surface area contributed by atoms with Gasteiger partial charge in [-0.3, -0.25) is 4.79 Å². The molecule has 0 aromatic rings. The van der Waals surface area contributed by atoms with E-state index in [-0.39, 0.29) is 17.9 Å². The number of carboxylic acids is 1. The van der Waals surface area contributed by atoms with E-state index in [0.717, 1.165) is 6.42 Å². The maximum absolute atomic E-state index is 11.7. The Bertz CT molecular complexity index is 308. The molecule has 18 heavy (non-hydrogen) atoms. The Labute approximate surface area is 107 Å². The molecule has 4 unspecified atom stereocenters. The van der Waals surface area contributed by atoms with Crippen LogP contribution in [0.1, 0.15) is 33.1 Å². The highest BCUT2D eigenvalue weighted by Crippen LogP contribution is 2.19. The van der Waals surface area contributed by atoms with Crippen molar-refractivity contribution >= 4 is 11.9 Å². The van der Waals surface area contributed by atoms with E-state index in [2.05, 4.69) is 5.32 Å². The van der Waals surface area contributed by atoms with Crippen molar-refractivity contribution in [1.29, 1.82) is 0 Å². The van der Waals surface area contributed by atoms with Crippen LogP contribution in [0.25, 0.3) is 0 Å². The van der Waals surface area contributed by atoms with Gasteiger partial charge in [-0.15, -0.1) is 0 Å². The fraction of sp³-hybridized carbons (Fsp3) is 0.833. The van der Waals surface area contributed by atoms with Crippen LogP contribution >= 0.6 is 0 Å². The van der Waals surface area contributed by atoms with Crippen LogP contribution in [0.2, 0.25) is 0 Å². The maximum atomic E-state index is 11.7. The fourth-order valence-corrected chi connectivity index (χ4v) is 1.88. The molecule has 0 radical (unpaired) electrons. The number of rotatable bonds is 6. The van der Waals surface area contributed by atoms with Crippen molar-refractivity contribution in [3.05, 3.63) is 0 Å². The molecular weight excluding hydrogens is 236 g/mol. The Morgan fingerprint density at radius 1 is 1.50 bits per heavy atom. The van der Waals surface area contributed by atoms with Crippen molar-refractivity contribution in [2.75, 3.05) is 6.54 Å². The molecule has 1 rings (SSSR count). The molecule has 0 spiro atoms. The zero-order valence-corrected chi connectivity index (χ0v) is 10.9. The number of hydrogen-bond donors (Lipinski definition) is 3. The van der Waals surface area contributed by atoms with Gasteiger partial charge >= 0.3 is 5.97 Å². The molecular formula is C12H22N2O4. The molecule has 104 valence electrons. The Kier molecular flexibility index (Phi) is 5.55. The van der Waals surface area contributed by atoms with Gasteiger partial charge in [-0.05, 0) is 18.8 Å². The first kappa shape index (κ1) is 14.9. The van der Waals surface area contributed by atoms with E-state index >= 15 is 0 Å². The molecule has 1 heterocycles. The van der Waals surface area contributed by atoms with Gasteiger partial charge in [-0.1, -0.05) is 20.3 Å². The van der Waals surface area contributed by atoms with Gasteiger partial charge in [0.1, 0.15) is 0 Å². The normalized spacial score (nSPS) is 26.6.